The Morgan fingerprint density at radius 2 is 2.33 bits per heavy atom. The lowest BCUT2D eigenvalue weighted by atomic mass is 10.3. The Hall–Kier alpha value is -0.690. The lowest BCUT2D eigenvalue weighted by Crippen LogP contribution is -2.19. The number of benzene rings is 1. The van der Waals surface area contributed by atoms with Crippen LogP contribution < -0.4 is 4.90 Å². The zero-order valence-electron chi connectivity index (χ0n) is 7.05. The van der Waals surface area contributed by atoms with Crippen LogP contribution in [0.1, 0.15) is 12.8 Å². The van der Waals surface area contributed by atoms with Crippen LogP contribution in [0.2, 0.25) is 5.02 Å². The van der Waals surface area contributed by atoms with E-state index < -0.39 is 0 Å². The summed E-state index contributed by atoms with van der Waals surface area (Å²) in [5.41, 5.74) is 1.12. The van der Waals surface area contributed by atoms with Gasteiger partial charge >= 0.3 is 0 Å². The highest BCUT2D eigenvalue weighted by atomic mass is 35.5. The highest BCUT2D eigenvalue weighted by molar-refractivity contribution is 6.33. The van der Waals surface area contributed by atoms with Crippen molar-refractivity contribution in [1.29, 1.82) is 0 Å². The van der Waals surface area contributed by atoms with Crippen molar-refractivity contribution in [3.63, 3.8) is 0 Å². The summed E-state index contributed by atoms with van der Waals surface area (Å²) in [5.74, 6) is 0. The largest absolute Gasteiger partial charge is 0.370 e. The fraction of sp³-hybridized carbons (Fsp3) is 0.400. The van der Waals surface area contributed by atoms with Crippen molar-refractivity contribution in [3.8, 4) is 0 Å². The highest BCUT2D eigenvalue weighted by Crippen LogP contribution is 2.33. The summed E-state index contributed by atoms with van der Waals surface area (Å²) < 4.78 is 0. The number of hydrogen-bond acceptors (Lipinski definition) is 1. The van der Waals surface area contributed by atoms with Gasteiger partial charge in [-0.25, -0.2) is 0 Å². The van der Waals surface area contributed by atoms with E-state index in [2.05, 4.69) is 18.0 Å². The molecule has 0 saturated heterocycles. The molecule has 0 N–H and O–H groups in total. The van der Waals surface area contributed by atoms with Crippen LogP contribution in [0.5, 0.6) is 0 Å². The predicted octanol–water partition coefficient (Wildman–Crippen LogP) is 2.74. The summed E-state index contributed by atoms with van der Waals surface area (Å²) >= 11 is 6.02. The number of rotatable bonds is 2. The highest BCUT2D eigenvalue weighted by Gasteiger charge is 2.27. The molecule has 1 aromatic rings. The second-order valence-electron chi connectivity index (χ2n) is 3.22. The van der Waals surface area contributed by atoms with Crippen LogP contribution in [0.25, 0.3) is 0 Å². The summed E-state index contributed by atoms with van der Waals surface area (Å²) in [6.45, 7) is 0. The third-order valence-electron chi connectivity index (χ3n) is 2.27. The normalized spacial score (nSPS) is 16.2. The van der Waals surface area contributed by atoms with Crippen LogP contribution >= 0.6 is 11.6 Å². The minimum absolute atomic E-state index is 0.713. The first-order chi connectivity index (χ1) is 5.79. The van der Waals surface area contributed by atoms with E-state index in [0.717, 1.165) is 10.7 Å². The maximum Gasteiger partial charge on any atom is 0.0645 e. The molecule has 1 saturated carbocycles. The van der Waals surface area contributed by atoms with Gasteiger partial charge in [0.2, 0.25) is 0 Å². The molecule has 0 spiro atoms. The van der Waals surface area contributed by atoms with Crippen LogP contribution in [-0.4, -0.2) is 13.1 Å². The number of hydrogen-bond donors (Lipinski definition) is 0. The van der Waals surface area contributed by atoms with Gasteiger partial charge in [-0.1, -0.05) is 17.7 Å². The molecule has 1 aliphatic carbocycles. The molecule has 1 nitrogen and oxygen atoms in total. The number of halogens is 1. The average molecular weight is 181 g/mol. The van der Waals surface area contributed by atoms with Crippen molar-refractivity contribution >= 4 is 17.3 Å². The van der Waals surface area contributed by atoms with Gasteiger partial charge in [-0.15, -0.1) is 0 Å². The van der Waals surface area contributed by atoms with Crippen LogP contribution in [0.3, 0.4) is 0 Å². The van der Waals surface area contributed by atoms with Gasteiger partial charge in [0, 0.05) is 13.1 Å². The topological polar surface area (TPSA) is 3.24 Å². The van der Waals surface area contributed by atoms with Crippen LogP contribution in [-0.2, 0) is 0 Å². The lowest BCUT2D eigenvalue weighted by Gasteiger charge is -2.19. The maximum absolute atomic E-state index is 6.02. The van der Waals surface area contributed by atoms with Crippen molar-refractivity contribution in [2.45, 2.75) is 18.9 Å². The van der Waals surface area contributed by atoms with E-state index in [1.54, 1.807) is 0 Å². The molecule has 0 aliphatic heterocycles. The molecule has 1 aromatic carbocycles. The molecule has 12 heavy (non-hydrogen) atoms. The molecule has 2 rings (SSSR count). The second kappa shape index (κ2) is 2.98. The summed E-state index contributed by atoms with van der Waals surface area (Å²) in [4.78, 5) is 2.25. The molecule has 0 amide bonds. The second-order valence-corrected chi connectivity index (χ2v) is 3.63. The smallest absolute Gasteiger partial charge is 0.0645 e. The monoisotopic (exact) mass is 180 g/mol. The van der Waals surface area contributed by atoms with Crippen LogP contribution in [0.4, 0.5) is 5.69 Å². The Morgan fingerprint density at radius 1 is 1.58 bits per heavy atom. The van der Waals surface area contributed by atoms with E-state index in [-0.39, 0.29) is 0 Å². The predicted molar refractivity (Wildman–Crippen MR) is 51.7 cm³/mol. The Balaban J connectivity index is 2.25. The van der Waals surface area contributed by atoms with Crippen LogP contribution in [0.15, 0.2) is 18.2 Å². The van der Waals surface area contributed by atoms with Gasteiger partial charge in [-0.3, -0.25) is 0 Å². The summed E-state index contributed by atoms with van der Waals surface area (Å²) in [6.07, 6.45) is 2.59. The SMILES string of the molecule is CN(c1cc[c]cc1Cl)C1CC1. The third kappa shape index (κ3) is 1.42. The standard InChI is InChI=1S/C10H11ClN/c1-12(8-6-7-8)10-5-3-2-4-9(10)11/h3-5,8H,6-7H2,1H3. The summed E-state index contributed by atoms with van der Waals surface area (Å²) in [5, 5.41) is 0.798. The quantitative estimate of drug-likeness (QED) is 0.677. The van der Waals surface area contributed by atoms with Gasteiger partial charge in [0.15, 0.2) is 0 Å². The average Bonchev–Trinajstić information content (AvgIpc) is 2.86. The zero-order chi connectivity index (χ0) is 8.55. The van der Waals surface area contributed by atoms with Crippen molar-refractivity contribution in [1.82, 2.24) is 0 Å². The molecule has 1 fully saturated rings. The fourth-order valence-corrected chi connectivity index (χ4v) is 1.61. The summed E-state index contributed by atoms with van der Waals surface area (Å²) in [6, 6.07) is 9.40. The molecule has 2 heteroatoms. The number of anilines is 1. The first kappa shape index (κ1) is 7.93. The van der Waals surface area contributed by atoms with Gasteiger partial charge in [-0.2, -0.15) is 0 Å². The fourth-order valence-electron chi connectivity index (χ4n) is 1.35. The first-order valence-corrected chi connectivity index (χ1v) is 4.55. The van der Waals surface area contributed by atoms with Crippen molar-refractivity contribution in [2.24, 2.45) is 0 Å². The molecule has 0 bridgehead atoms. The Kier molecular flexibility index (Phi) is 1.97. The third-order valence-corrected chi connectivity index (χ3v) is 2.57. The van der Waals surface area contributed by atoms with Crippen LogP contribution in [0, 0.1) is 6.07 Å². The van der Waals surface area contributed by atoms with Crippen molar-refractivity contribution in [2.75, 3.05) is 11.9 Å². The van der Waals surface area contributed by atoms with E-state index in [1.807, 2.05) is 18.2 Å². The molecule has 0 aromatic heterocycles. The summed E-state index contributed by atoms with van der Waals surface area (Å²) in [7, 11) is 2.10. The molecule has 1 aliphatic rings. The molecule has 63 valence electrons. The molecule has 0 unspecified atom stereocenters. The minimum atomic E-state index is 0.713. The zero-order valence-corrected chi connectivity index (χ0v) is 7.80. The Bertz CT molecular complexity index is 281. The van der Waals surface area contributed by atoms with E-state index in [4.69, 9.17) is 11.6 Å². The molecular weight excluding hydrogens is 170 g/mol. The van der Waals surface area contributed by atoms with Gasteiger partial charge in [0.25, 0.3) is 0 Å². The van der Waals surface area contributed by atoms with Gasteiger partial charge in [0.1, 0.15) is 0 Å². The van der Waals surface area contributed by atoms with Crippen molar-refractivity contribution in [3.05, 3.63) is 29.3 Å². The van der Waals surface area contributed by atoms with E-state index >= 15 is 0 Å². The number of nitrogens with zero attached hydrogens (tertiary/aromatic N) is 1. The Morgan fingerprint density at radius 3 is 2.92 bits per heavy atom. The molecule has 1 radical (unpaired) electrons. The van der Waals surface area contributed by atoms with E-state index in [0.29, 0.717) is 6.04 Å². The Labute approximate surface area is 77.9 Å². The van der Waals surface area contributed by atoms with E-state index in [9.17, 15) is 0 Å². The minimum Gasteiger partial charge on any atom is -0.370 e. The van der Waals surface area contributed by atoms with Gasteiger partial charge in [0.05, 0.1) is 10.7 Å². The molecular formula is C10H11ClN. The van der Waals surface area contributed by atoms with Gasteiger partial charge < -0.3 is 4.90 Å². The maximum atomic E-state index is 6.02. The van der Waals surface area contributed by atoms with Gasteiger partial charge in [-0.05, 0) is 31.0 Å². The molecule has 0 atom stereocenters. The lowest BCUT2D eigenvalue weighted by molar-refractivity contribution is 0.917. The van der Waals surface area contributed by atoms with Crippen molar-refractivity contribution < 1.29 is 0 Å². The first-order valence-electron chi connectivity index (χ1n) is 4.17. The molecule has 0 heterocycles. The van der Waals surface area contributed by atoms with E-state index in [1.165, 1.54) is 12.8 Å².